The second kappa shape index (κ2) is 8.05. The van der Waals surface area contributed by atoms with E-state index >= 15 is 0 Å². The van der Waals surface area contributed by atoms with Crippen LogP contribution in [0.25, 0.3) is 0 Å². The van der Waals surface area contributed by atoms with Gasteiger partial charge in [-0.25, -0.2) is 0 Å². The molecule has 4 rings (SSSR count). The van der Waals surface area contributed by atoms with Gasteiger partial charge in [0, 0.05) is 12.0 Å². The van der Waals surface area contributed by atoms with Crippen molar-refractivity contribution in [2.24, 2.45) is 5.92 Å². The summed E-state index contributed by atoms with van der Waals surface area (Å²) in [5, 5.41) is 13.0. The highest BCUT2D eigenvalue weighted by Crippen LogP contribution is 2.45. The molecule has 0 spiro atoms. The Bertz CT molecular complexity index is 781. The summed E-state index contributed by atoms with van der Waals surface area (Å²) in [6, 6.07) is 10.9. The molecule has 1 unspecified atom stereocenters. The maximum atomic E-state index is 12.6. The van der Waals surface area contributed by atoms with Crippen molar-refractivity contribution in [2.45, 2.75) is 69.1 Å². The molecule has 0 aliphatic heterocycles. The van der Waals surface area contributed by atoms with Gasteiger partial charge < -0.3 is 9.88 Å². The topological polar surface area (TPSA) is 59.8 Å². The highest BCUT2D eigenvalue weighted by Gasteiger charge is 2.36. The fourth-order valence-corrected chi connectivity index (χ4v) is 4.31. The lowest BCUT2D eigenvalue weighted by Gasteiger charge is -2.21. The number of hydrogen-bond donors (Lipinski definition) is 1. The number of nitrogens with zero attached hydrogens (tertiary/aromatic N) is 3. The van der Waals surface area contributed by atoms with E-state index in [-0.39, 0.29) is 11.9 Å². The molecule has 27 heavy (non-hydrogen) atoms. The van der Waals surface area contributed by atoms with Crippen LogP contribution in [-0.4, -0.2) is 26.4 Å². The largest absolute Gasteiger partial charge is 0.349 e. The Labute approximate surface area is 165 Å². The van der Waals surface area contributed by atoms with Crippen molar-refractivity contribution in [1.29, 1.82) is 0 Å². The number of hydrogen-bond acceptors (Lipinski definition) is 4. The van der Waals surface area contributed by atoms with Gasteiger partial charge in [-0.2, -0.15) is 0 Å². The van der Waals surface area contributed by atoms with Gasteiger partial charge in [0.25, 0.3) is 0 Å². The van der Waals surface area contributed by atoms with E-state index < -0.39 is 0 Å². The third-order valence-electron chi connectivity index (χ3n) is 5.12. The Kier molecular flexibility index (Phi) is 5.53. The summed E-state index contributed by atoms with van der Waals surface area (Å²) in [6.07, 6.45) is 5.81. The molecular formula is C21H28N4OS. The predicted molar refractivity (Wildman–Crippen MR) is 108 cm³/mol. The standard InChI is InChI=1S/C21H28N4OS/c1-14(2)12-18(15-6-4-3-5-7-15)22-19(26)13-27-21-24-23-20(16-8-9-16)25(21)17-10-11-17/h3-7,14,16-18H,8-13H2,1-2H3,(H,22,26). The molecule has 0 saturated heterocycles. The molecule has 2 aliphatic rings. The SMILES string of the molecule is CC(C)CC(NC(=O)CSc1nnc(C2CC2)n1C1CC1)c1ccccc1. The normalized spacial score (nSPS) is 17.9. The molecule has 2 fully saturated rings. The number of aromatic nitrogens is 3. The van der Waals surface area contributed by atoms with Crippen LogP contribution in [0.1, 0.15) is 75.3 Å². The van der Waals surface area contributed by atoms with Gasteiger partial charge in [0.2, 0.25) is 5.91 Å². The van der Waals surface area contributed by atoms with Crippen molar-refractivity contribution >= 4 is 17.7 Å². The van der Waals surface area contributed by atoms with Gasteiger partial charge in [-0.3, -0.25) is 4.79 Å². The minimum Gasteiger partial charge on any atom is -0.349 e. The second-order valence-electron chi connectivity index (χ2n) is 8.17. The molecule has 2 saturated carbocycles. The summed E-state index contributed by atoms with van der Waals surface area (Å²) in [7, 11) is 0. The highest BCUT2D eigenvalue weighted by molar-refractivity contribution is 7.99. The molecule has 2 aromatic rings. The first-order chi connectivity index (χ1) is 13.1. The molecule has 1 atom stereocenters. The summed E-state index contributed by atoms with van der Waals surface area (Å²) in [5.74, 6) is 2.70. The van der Waals surface area contributed by atoms with Gasteiger partial charge in [-0.05, 0) is 43.6 Å². The lowest BCUT2D eigenvalue weighted by Crippen LogP contribution is -2.31. The number of rotatable bonds is 9. The van der Waals surface area contributed by atoms with E-state index in [1.54, 1.807) is 0 Å². The van der Waals surface area contributed by atoms with Crippen LogP contribution in [0, 0.1) is 5.92 Å². The average molecular weight is 385 g/mol. The van der Waals surface area contributed by atoms with Gasteiger partial charge in [0.1, 0.15) is 5.82 Å². The van der Waals surface area contributed by atoms with Gasteiger partial charge in [-0.1, -0.05) is 55.9 Å². The first-order valence-electron chi connectivity index (χ1n) is 10.0. The average Bonchev–Trinajstić information content (AvgIpc) is 3.58. The third kappa shape index (κ3) is 4.72. The molecule has 1 aromatic carbocycles. The van der Waals surface area contributed by atoms with E-state index in [0.29, 0.717) is 23.6 Å². The van der Waals surface area contributed by atoms with Crippen LogP contribution >= 0.6 is 11.8 Å². The van der Waals surface area contributed by atoms with Crippen LogP contribution in [-0.2, 0) is 4.79 Å². The number of carbonyl (C=O) groups excluding carboxylic acids is 1. The smallest absolute Gasteiger partial charge is 0.230 e. The first-order valence-corrected chi connectivity index (χ1v) is 11.0. The monoisotopic (exact) mass is 384 g/mol. The number of carbonyl (C=O) groups is 1. The second-order valence-corrected chi connectivity index (χ2v) is 9.11. The number of amides is 1. The van der Waals surface area contributed by atoms with Crippen LogP contribution in [0.15, 0.2) is 35.5 Å². The molecule has 1 aromatic heterocycles. The van der Waals surface area contributed by atoms with Crippen molar-refractivity contribution < 1.29 is 4.79 Å². The maximum Gasteiger partial charge on any atom is 0.230 e. The van der Waals surface area contributed by atoms with E-state index in [0.717, 1.165) is 17.4 Å². The minimum absolute atomic E-state index is 0.0580. The summed E-state index contributed by atoms with van der Waals surface area (Å²) in [6.45, 7) is 4.38. The number of benzene rings is 1. The molecule has 2 aliphatic carbocycles. The number of nitrogens with one attached hydrogen (secondary N) is 1. The molecule has 1 N–H and O–H groups in total. The quantitative estimate of drug-likeness (QED) is 0.647. The molecule has 5 nitrogen and oxygen atoms in total. The van der Waals surface area contributed by atoms with Crippen molar-refractivity contribution in [3.05, 3.63) is 41.7 Å². The molecule has 0 bridgehead atoms. The van der Waals surface area contributed by atoms with Crippen molar-refractivity contribution in [1.82, 2.24) is 20.1 Å². The maximum absolute atomic E-state index is 12.6. The van der Waals surface area contributed by atoms with E-state index in [4.69, 9.17) is 0 Å². The summed E-state index contributed by atoms with van der Waals surface area (Å²) < 4.78 is 2.30. The van der Waals surface area contributed by atoms with E-state index in [2.05, 4.69) is 46.1 Å². The van der Waals surface area contributed by atoms with Gasteiger partial charge in [-0.15, -0.1) is 10.2 Å². The molecule has 1 amide bonds. The van der Waals surface area contributed by atoms with Gasteiger partial charge >= 0.3 is 0 Å². The number of thioether (sulfide) groups is 1. The van der Waals surface area contributed by atoms with Crippen molar-refractivity contribution in [2.75, 3.05) is 5.75 Å². The Morgan fingerprint density at radius 3 is 2.56 bits per heavy atom. The van der Waals surface area contributed by atoms with E-state index in [1.807, 2.05) is 18.2 Å². The summed E-state index contributed by atoms with van der Waals surface area (Å²) >= 11 is 1.52. The fourth-order valence-electron chi connectivity index (χ4n) is 3.48. The zero-order valence-electron chi connectivity index (χ0n) is 16.1. The predicted octanol–water partition coefficient (Wildman–Crippen LogP) is 4.49. The highest BCUT2D eigenvalue weighted by atomic mass is 32.2. The van der Waals surface area contributed by atoms with E-state index in [9.17, 15) is 4.79 Å². The molecular weight excluding hydrogens is 356 g/mol. The fraction of sp³-hybridized carbons (Fsp3) is 0.571. The molecule has 6 heteroatoms. The minimum atomic E-state index is 0.0580. The van der Waals surface area contributed by atoms with Crippen molar-refractivity contribution in [3.8, 4) is 0 Å². The van der Waals surface area contributed by atoms with Gasteiger partial charge in [0.05, 0.1) is 11.8 Å². The van der Waals surface area contributed by atoms with Crippen LogP contribution < -0.4 is 5.32 Å². The zero-order valence-corrected chi connectivity index (χ0v) is 16.9. The van der Waals surface area contributed by atoms with E-state index in [1.165, 1.54) is 43.0 Å². The van der Waals surface area contributed by atoms with Crippen LogP contribution in [0.4, 0.5) is 0 Å². The molecule has 0 radical (unpaired) electrons. The van der Waals surface area contributed by atoms with Crippen LogP contribution in [0.2, 0.25) is 0 Å². The Morgan fingerprint density at radius 2 is 1.93 bits per heavy atom. The lowest BCUT2D eigenvalue weighted by atomic mass is 9.97. The summed E-state index contributed by atoms with van der Waals surface area (Å²) in [5.41, 5.74) is 1.17. The van der Waals surface area contributed by atoms with Crippen molar-refractivity contribution in [3.63, 3.8) is 0 Å². The Balaban J connectivity index is 1.39. The third-order valence-corrected chi connectivity index (χ3v) is 6.07. The molecule has 144 valence electrons. The van der Waals surface area contributed by atoms with Gasteiger partial charge in [0.15, 0.2) is 5.16 Å². The molecule has 1 heterocycles. The Hall–Kier alpha value is -1.82. The zero-order chi connectivity index (χ0) is 18.8. The lowest BCUT2D eigenvalue weighted by molar-refractivity contribution is -0.119. The van der Waals surface area contributed by atoms with Crippen LogP contribution in [0.3, 0.4) is 0 Å². The summed E-state index contributed by atoms with van der Waals surface area (Å²) in [4.78, 5) is 12.6. The van der Waals surface area contributed by atoms with Crippen LogP contribution in [0.5, 0.6) is 0 Å². The Morgan fingerprint density at radius 1 is 1.19 bits per heavy atom. The first kappa shape index (κ1) is 18.5.